The standard InChI is InChI=1S/C11H21NOSi/c1-7-10(14(4,5)6)11(13)12(8-2)9-3/h1,8-9H2,2-6H3. The van der Waals surface area contributed by atoms with Crippen molar-refractivity contribution in [3.63, 3.8) is 0 Å². The van der Waals surface area contributed by atoms with Crippen molar-refractivity contribution in [3.05, 3.63) is 17.5 Å². The smallest absolute Gasteiger partial charge is 0.253 e. The number of hydrogen-bond donors (Lipinski definition) is 0. The summed E-state index contributed by atoms with van der Waals surface area (Å²) in [7, 11) is -1.59. The number of amides is 1. The molecule has 0 saturated heterocycles. The molecule has 0 aromatic heterocycles. The van der Waals surface area contributed by atoms with Crippen LogP contribution in [0.4, 0.5) is 0 Å². The number of rotatable bonds is 4. The van der Waals surface area contributed by atoms with Crippen molar-refractivity contribution in [3.8, 4) is 0 Å². The van der Waals surface area contributed by atoms with Crippen molar-refractivity contribution in [1.82, 2.24) is 4.90 Å². The molecule has 0 spiro atoms. The summed E-state index contributed by atoms with van der Waals surface area (Å²) in [4.78, 5) is 13.8. The summed E-state index contributed by atoms with van der Waals surface area (Å²) < 4.78 is 0. The fourth-order valence-electron chi connectivity index (χ4n) is 1.33. The average molecular weight is 211 g/mol. The Hall–Kier alpha value is -0.793. The molecule has 0 heterocycles. The fraction of sp³-hybridized carbons (Fsp3) is 0.636. The highest BCUT2D eigenvalue weighted by Crippen LogP contribution is 2.15. The van der Waals surface area contributed by atoms with Gasteiger partial charge in [0.2, 0.25) is 0 Å². The highest BCUT2D eigenvalue weighted by molar-refractivity contribution is 6.87. The Morgan fingerprint density at radius 1 is 1.29 bits per heavy atom. The monoisotopic (exact) mass is 211 g/mol. The zero-order valence-corrected chi connectivity index (χ0v) is 11.0. The van der Waals surface area contributed by atoms with E-state index in [1.54, 1.807) is 0 Å². The summed E-state index contributed by atoms with van der Waals surface area (Å²) in [5.41, 5.74) is 2.83. The molecule has 3 heteroatoms. The van der Waals surface area contributed by atoms with Gasteiger partial charge in [0.15, 0.2) is 0 Å². The lowest BCUT2D eigenvalue weighted by Crippen LogP contribution is -2.39. The van der Waals surface area contributed by atoms with Gasteiger partial charge in [-0.2, -0.15) is 0 Å². The maximum Gasteiger partial charge on any atom is 0.253 e. The molecule has 0 aliphatic heterocycles. The van der Waals surface area contributed by atoms with E-state index in [1.165, 1.54) is 0 Å². The van der Waals surface area contributed by atoms with Crippen molar-refractivity contribution >= 4 is 14.0 Å². The zero-order chi connectivity index (χ0) is 11.4. The van der Waals surface area contributed by atoms with E-state index in [0.29, 0.717) is 0 Å². The SMILES string of the molecule is C=C=C(C(=O)N(CC)CC)[Si](C)(C)C. The van der Waals surface area contributed by atoms with Crippen LogP contribution in [0.25, 0.3) is 0 Å². The lowest BCUT2D eigenvalue weighted by Gasteiger charge is -2.25. The van der Waals surface area contributed by atoms with Crippen LogP contribution in [-0.4, -0.2) is 32.0 Å². The van der Waals surface area contributed by atoms with Gasteiger partial charge >= 0.3 is 0 Å². The first-order valence-corrected chi connectivity index (χ1v) is 8.58. The topological polar surface area (TPSA) is 20.3 Å². The normalized spacial score (nSPS) is 10.6. The molecule has 0 radical (unpaired) electrons. The van der Waals surface area contributed by atoms with Crippen molar-refractivity contribution in [1.29, 1.82) is 0 Å². The molecule has 2 nitrogen and oxygen atoms in total. The molecule has 80 valence electrons. The van der Waals surface area contributed by atoms with E-state index in [4.69, 9.17) is 0 Å². The van der Waals surface area contributed by atoms with Gasteiger partial charge in [0, 0.05) is 18.3 Å². The zero-order valence-electron chi connectivity index (χ0n) is 9.98. The van der Waals surface area contributed by atoms with Crippen molar-refractivity contribution in [2.45, 2.75) is 33.5 Å². The lowest BCUT2D eigenvalue weighted by atomic mass is 10.4. The third kappa shape index (κ3) is 3.16. The molecule has 0 aliphatic carbocycles. The van der Waals surface area contributed by atoms with Crippen molar-refractivity contribution in [2.75, 3.05) is 13.1 Å². The molecule has 1 amide bonds. The van der Waals surface area contributed by atoms with Gasteiger partial charge in [-0.05, 0) is 13.8 Å². The molecule has 0 unspecified atom stereocenters. The minimum absolute atomic E-state index is 0.115. The van der Waals surface area contributed by atoms with Crippen LogP contribution >= 0.6 is 0 Å². The second-order valence-corrected chi connectivity index (χ2v) is 9.28. The van der Waals surface area contributed by atoms with Gasteiger partial charge in [0.05, 0.1) is 8.07 Å². The average Bonchev–Trinajstić information content (AvgIpc) is 2.05. The molecule has 0 rings (SSSR count). The minimum atomic E-state index is -1.59. The molecule has 0 bridgehead atoms. The Morgan fingerprint density at radius 3 is 1.93 bits per heavy atom. The van der Waals surface area contributed by atoms with Crippen LogP contribution in [0.2, 0.25) is 19.6 Å². The Morgan fingerprint density at radius 2 is 1.71 bits per heavy atom. The van der Waals surface area contributed by atoms with E-state index in [9.17, 15) is 4.79 Å². The Labute approximate surface area is 88.3 Å². The van der Waals surface area contributed by atoms with Crippen LogP contribution in [0.5, 0.6) is 0 Å². The summed E-state index contributed by atoms with van der Waals surface area (Å²) in [6.07, 6.45) is 0. The van der Waals surface area contributed by atoms with Crippen LogP contribution in [0.3, 0.4) is 0 Å². The molecule has 0 N–H and O–H groups in total. The van der Waals surface area contributed by atoms with Crippen LogP contribution in [0.15, 0.2) is 17.5 Å². The first-order chi connectivity index (χ1) is 6.38. The molecule has 0 saturated carbocycles. The lowest BCUT2D eigenvalue weighted by molar-refractivity contribution is -0.126. The van der Waals surface area contributed by atoms with Gasteiger partial charge in [-0.1, -0.05) is 26.2 Å². The molecular formula is C11H21NOSi. The van der Waals surface area contributed by atoms with Crippen LogP contribution < -0.4 is 0 Å². The summed E-state index contributed by atoms with van der Waals surface area (Å²) in [5.74, 6) is 0.115. The van der Waals surface area contributed by atoms with Gasteiger partial charge in [-0.15, -0.1) is 5.73 Å². The third-order valence-electron chi connectivity index (χ3n) is 2.19. The van der Waals surface area contributed by atoms with Crippen molar-refractivity contribution < 1.29 is 4.79 Å². The molecule has 0 aliphatic rings. The Kier molecular flexibility index (Phi) is 4.88. The second kappa shape index (κ2) is 5.18. The van der Waals surface area contributed by atoms with Crippen molar-refractivity contribution in [2.24, 2.45) is 0 Å². The summed E-state index contributed by atoms with van der Waals surface area (Å²) >= 11 is 0. The Bertz CT molecular complexity index is 255. The highest BCUT2D eigenvalue weighted by Gasteiger charge is 2.27. The predicted octanol–water partition coefficient (Wildman–Crippen LogP) is 2.44. The molecule has 14 heavy (non-hydrogen) atoms. The quantitative estimate of drug-likeness (QED) is 0.397. The number of carbonyl (C=O) groups excluding carboxylic acids is 1. The molecule has 0 aromatic carbocycles. The van der Waals surface area contributed by atoms with Crippen LogP contribution in [-0.2, 0) is 4.79 Å². The van der Waals surface area contributed by atoms with E-state index in [0.717, 1.165) is 18.3 Å². The van der Waals surface area contributed by atoms with Gasteiger partial charge < -0.3 is 4.90 Å². The molecule has 0 atom stereocenters. The molecule has 0 fully saturated rings. The number of hydrogen-bond acceptors (Lipinski definition) is 1. The summed E-state index contributed by atoms with van der Waals surface area (Å²) in [6.45, 7) is 15.5. The van der Waals surface area contributed by atoms with Crippen LogP contribution in [0, 0.1) is 0 Å². The first-order valence-electron chi connectivity index (χ1n) is 5.08. The van der Waals surface area contributed by atoms with Crippen LogP contribution in [0.1, 0.15) is 13.8 Å². The summed E-state index contributed by atoms with van der Waals surface area (Å²) in [5, 5.41) is 0.807. The first kappa shape index (κ1) is 13.2. The van der Waals surface area contributed by atoms with E-state index < -0.39 is 8.07 Å². The molecule has 0 aromatic rings. The third-order valence-corrected chi connectivity index (χ3v) is 4.08. The van der Waals surface area contributed by atoms with E-state index >= 15 is 0 Å². The minimum Gasteiger partial charge on any atom is -0.339 e. The maximum atomic E-state index is 12.0. The van der Waals surface area contributed by atoms with Gasteiger partial charge in [0.25, 0.3) is 5.91 Å². The fourth-order valence-corrected chi connectivity index (χ4v) is 2.66. The van der Waals surface area contributed by atoms with Gasteiger partial charge in [-0.25, -0.2) is 0 Å². The predicted molar refractivity (Wildman–Crippen MR) is 63.9 cm³/mol. The second-order valence-electron chi connectivity index (χ2n) is 4.28. The Balaban J connectivity index is 4.92. The maximum absolute atomic E-state index is 12.0. The van der Waals surface area contributed by atoms with E-state index in [1.807, 2.05) is 18.7 Å². The number of carbonyl (C=O) groups is 1. The van der Waals surface area contributed by atoms with Gasteiger partial charge in [0.1, 0.15) is 0 Å². The van der Waals surface area contributed by atoms with Gasteiger partial charge in [-0.3, -0.25) is 4.79 Å². The largest absolute Gasteiger partial charge is 0.339 e. The highest BCUT2D eigenvalue weighted by atomic mass is 28.3. The van der Waals surface area contributed by atoms with E-state index in [-0.39, 0.29) is 5.91 Å². The number of likely N-dealkylation sites (N-methyl/N-ethyl adjacent to an activating group) is 1. The number of nitrogens with zero attached hydrogens (tertiary/aromatic N) is 1. The molecular weight excluding hydrogens is 190 g/mol. The van der Waals surface area contributed by atoms with E-state index in [2.05, 4.69) is 32.0 Å². The summed E-state index contributed by atoms with van der Waals surface area (Å²) in [6, 6.07) is 0.